The van der Waals surface area contributed by atoms with Crippen LogP contribution < -0.4 is 5.73 Å². The number of hydrogen-bond acceptors (Lipinski definition) is 13. The third kappa shape index (κ3) is 3.39. The van der Waals surface area contributed by atoms with Crippen molar-refractivity contribution >= 4 is 32.6 Å². The molecule has 2 saturated heterocycles. The van der Waals surface area contributed by atoms with Gasteiger partial charge in [0.05, 0.1) is 12.9 Å². The van der Waals surface area contributed by atoms with Crippen molar-refractivity contribution in [1.29, 1.82) is 0 Å². The molecule has 2 aliphatic rings. The molecule has 2 aromatic heterocycles. The minimum Gasteiger partial charge on any atom is -0.387 e. The molecule has 1 unspecified atom stereocenters. The monoisotopic (exact) mass is 425 g/mol. The van der Waals surface area contributed by atoms with Gasteiger partial charge in [-0.2, -0.15) is 4.31 Å². The fraction of sp³-hybridized carbons (Fsp3) is 0.500. The molecule has 0 aliphatic carbocycles. The first-order valence-corrected chi connectivity index (χ1v) is 10.3. The van der Waals surface area contributed by atoms with Gasteiger partial charge in [-0.3, -0.25) is 9.09 Å². The van der Waals surface area contributed by atoms with E-state index >= 15 is 0 Å². The van der Waals surface area contributed by atoms with Gasteiger partial charge < -0.3 is 25.6 Å². The highest BCUT2D eigenvalue weighted by molar-refractivity contribution is 7.63. The number of nitrogen functional groups attached to an aromatic ring is 1. The van der Waals surface area contributed by atoms with E-state index in [-0.39, 0.29) is 17.0 Å². The van der Waals surface area contributed by atoms with Crippen molar-refractivity contribution in [3.8, 4) is 0 Å². The zero-order valence-electron chi connectivity index (χ0n) is 13.1. The van der Waals surface area contributed by atoms with Crippen LogP contribution in [-0.2, 0) is 32.1 Å². The molecule has 5 N–H and O–H groups in total. The zero-order chi connectivity index (χ0) is 19.4. The number of phosphoric acid groups is 2. The third-order valence-electron chi connectivity index (χ3n) is 3.82. The molecule has 15 nitrogen and oxygen atoms in total. The highest BCUT2D eigenvalue weighted by atomic mass is 31.3. The molecule has 0 bridgehead atoms. The normalized spacial score (nSPS) is 39.4. The Bertz CT molecular complexity index is 969. The molecule has 2 fully saturated rings. The quantitative estimate of drug-likeness (QED) is 0.350. The Labute approximate surface area is 149 Å². The summed E-state index contributed by atoms with van der Waals surface area (Å²) in [6.07, 6.45) is -2.73. The first-order valence-electron chi connectivity index (χ1n) is 7.30. The lowest BCUT2D eigenvalue weighted by molar-refractivity contribution is -0.112. The number of fused-ring (bicyclic) bond motifs is 1. The van der Waals surface area contributed by atoms with Gasteiger partial charge in [-0.05, 0) is 0 Å². The van der Waals surface area contributed by atoms with Crippen molar-refractivity contribution in [1.82, 2.24) is 19.5 Å². The van der Waals surface area contributed by atoms with Gasteiger partial charge in [-0.25, -0.2) is 24.1 Å². The van der Waals surface area contributed by atoms with E-state index in [9.17, 15) is 19.3 Å². The molecule has 0 radical (unpaired) electrons. The molecule has 0 spiro atoms. The van der Waals surface area contributed by atoms with E-state index in [1.165, 1.54) is 17.2 Å². The van der Waals surface area contributed by atoms with E-state index in [0.717, 1.165) is 0 Å². The predicted octanol–water partition coefficient (Wildman–Crippen LogP) is -0.769. The van der Waals surface area contributed by atoms with Crippen molar-refractivity contribution < 1.29 is 47.2 Å². The molecule has 4 rings (SSSR count). The number of hydrogen-bond donors (Lipinski definition) is 4. The summed E-state index contributed by atoms with van der Waals surface area (Å²) in [5.41, 5.74) is 6.23. The van der Waals surface area contributed by atoms with Crippen LogP contribution in [-0.4, -0.2) is 59.5 Å². The number of aliphatic hydroxyl groups excluding tert-OH is 2. The smallest absolute Gasteiger partial charge is 0.387 e. The van der Waals surface area contributed by atoms with Gasteiger partial charge in [0.1, 0.15) is 30.2 Å². The van der Waals surface area contributed by atoms with Crippen LogP contribution in [0.15, 0.2) is 12.7 Å². The average molecular weight is 425 g/mol. The fourth-order valence-corrected chi connectivity index (χ4v) is 5.05. The Morgan fingerprint density at radius 3 is 2.70 bits per heavy atom. The van der Waals surface area contributed by atoms with Crippen molar-refractivity contribution in [3.05, 3.63) is 12.7 Å². The zero-order valence-corrected chi connectivity index (χ0v) is 14.9. The highest BCUT2D eigenvalue weighted by Gasteiger charge is 2.51. The van der Waals surface area contributed by atoms with Crippen molar-refractivity contribution in [2.75, 3.05) is 12.3 Å². The van der Waals surface area contributed by atoms with Crippen LogP contribution in [0, 0.1) is 0 Å². The van der Waals surface area contributed by atoms with Crippen LogP contribution in [0.5, 0.6) is 0 Å². The van der Waals surface area contributed by atoms with Crippen LogP contribution >= 0.6 is 15.6 Å². The number of aliphatic hydroxyl groups is 2. The number of nitrogens with two attached hydrogens (primary N) is 1. The Kier molecular flexibility index (Phi) is 4.56. The van der Waals surface area contributed by atoms with Gasteiger partial charge in [0.25, 0.3) is 0 Å². The van der Waals surface area contributed by atoms with Gasteiger partial charge >= 0.3 is 15.6 Å². The Morgan fingerprint density at radius 1 is 1.22 bits per heavy atom. The number of aromatic nitrogens is 4. The lowest BCUT2D eigenvalue weighted by atomic mass is 10.1. The summed E-state index contributed by atoms with van der Waals surface area (Å²) in [6.45, 7) is -0.612. The standard InChI is InChI=1S/C10H13N5O10P2/c11-8-5-9(13-2-12-8)15(3-14-5)10-7(17)6(16)4(22-10)1-21-27(20)24-23-26(18,19)25-27/h2-4,6-7,10,16-17H,1H2,(H,18,19)(H2,11,12,13)/t4-,6-,7-,10-,27-/m1/s1. The number of ether oxygens (including phenoxy) is 1. The molecule has 27 heavy (non-hydrogen) atoms. The summed E-state index contributed by atoms with van der Waals surface area (Å²) >= 11 is 0. The summed E-state index contributed by atoms with van der Waals surface area (Å²) in [5.74, 6) is 0.119. The second kappa shape index (κ2) is 6.53. The minimum absolute atomic E-state index is 0.119. The lowest BCUT2D eigenvalue weighted by Crippen LogP contribution is -2.33. The summed E-state index contributed by atoms with van der Waals surface area (Å²) < 4.78 is 46.8. The van der Waals surface area contributed by atoms with E-state index in [2.05, 4.69) is 28.6 Å². The van der Waals surface area contributed by atoms with E-state index in [1.807, 2.05) is 0 Å². The second-order valence-electron chi connectivity index (χ2n) is 5.57. The molecule has 0 amide bonds. The molecular formula is C10H13N5O10P2. The minimum atomic E-state index is -4.64. The maximum Gasteiger partial charge on any atom is 0.511 e. The number of rotatable bonds is 4. The van der Waals surface area contributed by atoms with E-state index in [1.54, 1.807) is 0 Å². The maximum absolute atomic E-state index is 11.9. The van der Waals surface area contributed by atoms with Gasteiger partial charge in [0, 0.05) is 0 Å². The predicted molar refractivity (Wildman–Crippen MR) is 82.3 cm³/mol. The van der Waals surface area contributed by atoms with Gasteiger partial charge in [0.15, 0.2) is 17.7 Å². The lowest BCUT2D eigenvalue weighted by Gasteiger charge is -2.16. The number of anilines is 1. The molecule has 2 aliphatic heterocycles. The highest BCUT2D eigenvalue weighted by Crippen LogP contribution is 2.71. The van der Waals surface area contributed by atoms with Crippen molar-refractivity contribution in [2.24, 2.45) is 0 Å². The molecule has 0 aromatic carbocycles. The third-order valence-corrected chi connectivity index (χ3v) is 6.55. The Hall–Kier alpha value is -1.51. The largest absolute Gasteiger partial charge is 0.511 e. The maximum atomic E-state index is 11.9. The topological polar surface area (TPSA) is 211 Å². The molecule has 17 heteroatoms. The van der Waals surface area contributed by atoms with Crippen LogP contribution in [0.2, 0.25) is 0 Å². The van der Waals surface area contributed by atoms with Crippen molar-refractivity contribution in [2.45, 2.75) is 24.5 Å². The van der Waals surface area contributed by atoms with E-state index in [4.69, 9.17) is 19.9 Å². The average Bonchev–Trinajstić information content (AvgIpc) is 3.23. The molecule has 0 saturated carbocycles. The SMILES string of the molecule is Nc1ncnc2c1ncn2[C@@H]1O[C@H](CO[P@]2(=O)OOP(=O)(O)O2)[C@@H](O)[C@H]1O. The van der Waals surface area contributed by atoms with Crippen LogP contribution in [0.25, 0.3) is 11.2 Å². The molecule has 2 aromatic rings. The second-order valence-corrected chi connectivity index (χ2v) is 8.61. The van der Waals surface area contributed by atoms with E-state index < -0.39 is 46.8 Å². The van der Waals surface area contributed by atoms with Gasteiger partial charge in [-0.15, -0.1) is 9.35 Å². The molecular weight excluding hydrogens is 412 g/mol. The Balaban J connectivity index is 1.50. The van der Waals surface area contributed by atoms with Crippen molar-refractivity contribution in [3.63, 3.8) is 0 Å². The summed E-state index contributed by atoms with van der Waals surface area (Å²) in [4.78, 5) is 20.8. The number of nitrogens with zero attached hydrogens (tertiary/aromatic N) is 4. The van der Waals surface area contributed by atoms with Crippen LogP contribution in [0.3, 0.4) is 0 Å². The first kappa shape index (κ1) is 18.8. The van der Waals surface area contributed by atoms with Crippen LogP contribution in [0.1, 0.15) is 6.23 Å². The van der Waals surface area contributed by atoms with E-state index in [0.29, 0.717) is 0 Å². The summed E-state index contributed by atoms with van der Waals surface area (Å²) in [5, 5.41) is 20.4. The Morgan fingerprint density at radius 2 is 2.00 bits per heavy atom. The first-order chi connectivity index (χ1) is 12.7. The fourth-order valence-electron chi connectivity index (χ4n) is 2.60. The number of imidazole rings is 1. The molecule has 4 heterocycles. The molecule has 148 valence electrons. The van der Waals surface area contributed by atoms with Gasteiger partial charge in [-0.1, -0.05) is 0 Å². The van der Waals surface area contributed by atoms with Crippen LogP contribution in [0.4, 0.5) is 5.82 Å². The van der Waals surface area contributed by atoms with Gasteiger partial charge in [0.2, 0.25) is 0 Å². The summed E-state index contributed by atoms with van der Waals surface area (Å²) in [7, 11) is -9.12. The molecule has 6 atom stereocenters. The summed E-state index contributed by atoms with van der Waals surface area (Å²) in [6, 6.07) is 0.